The van der Waals surface area contributed by atoms with E-state index in [0.29, 0.717) is 0 Å². The minimum absolute atomic E-state index is 0.225. The number of hydrogen-bond donors (Lipinski definition) is 0. The first-order valence-electron chi connectivity index (χ1n) is 4.94. The standard InChI is InChI=1S/C11H9F5O2/c1-4(2)5(3-17)18-11-9(15)7(13)6(12)8(14)10(11)16/h3-5H,1-2H3. The van der Waals surface area contributed by atoms with Crippen LogP contribution in [0.2, 0.25) is 0 Å². The SMILES string of the molecule is CC(C)C(C=O)Oc1c(F)c(F)c(F)c(F)c1F. The number of aldehydes is 1. The maximum absolute atomic E-state index is 13.2. The Labute approximate surface area is 99.4 Å². The van der Waals surface area contributed by atoms with Crippen molar-refractivity contribution in [3.63, 3.8) is 0 Å². The van der Waals surface area contributed by atoms with Crippen LogP contribution in [0.1, 0.15) is 13.8 Å². The zero-order chi connectivity index (χ0) is 14.0. The fraction of sp³-hybridized carbons (Fsp3) is 0.364. The average molecular weight is 268 g/mol. The van der Waals surface area contributed by atoms with E-state index < -0.39 is 46.9 Å². The van der Waals surface area contributed by atoms with Gasteiger partial charge < -0.3 is 4.74 Å². The van der Waals surface area contributed by atoms with Gasteiger partial charge in [0, 0.05) is 0 Å². The highest BCUT2D eigenvalue weighted by Gasteiger charge is 2.29. The van der Waals surface area contributed by atoms with Crippen LogP contribution < -0.4 is 4.74 Å². The normalized spacial score (nSPS) is 12.7. The number of hydrogen-bond acceptors (Lipinski definition) is 2. The molecule has 0 saturated carbocycles. The second-order valence-corrected chi connectivity index (χ2v) is 3.86. The third-order valence-corrected chi connectivity index (χ3v) is 2.21. The molecule has 0 aliphatic heterocycles. The van der Waals surface area contributed by atoms with Gasteiger partial charge in [-0.05, 0) is 5.92 Å². The van der Waals surface area contributed by atoms with Crippen molar-refractivity contribution in [3.05, 3.63) is 29.1 Å². The van der Waals surface area contributed by atoms with Crippen LogP contribution >= 0.6 is 0 Å². The number of carbonyl (C=O) groups excluding carboxylic acids is 1. The summed E-state index contributed by atoms with van der Waals surface area (Å²) in [4.78, 5) is 10.6. The van der Waals surface area contributed by atoms with Crippen molar-refractivity contribution < 1.29 is 31.5 Å². The van der Waals surface area contributed by atoms with Crippen LogP contribution in [0.25, 0.3) is 0 Å². The topological polar surface area (TPSA) is 26.3 Å². The Morgan fingerprint density at radius 3 is 1.61 bits per heavy atom. The first kappa shape index (κ1) is 14.4. The number of benzene rings is 1. The van der Waals surface area contributed by atoms with Gasteiger partial charge in [0.1, 0.15) is 0 Å². The van der Waals surface area contributed by atoms with Crippen LogP contribution in [-0.2, 0) is 4.79 Å². The Morgan fingerprint density at radius 1 is 0.889 bits per heavy atom. The van der Waals surface area contributed by atoms with Gasteiger partial charge in [-0.3, -0.25) is 4.79 Å². The van der Waals surface area contributed by atoms with E-state index in [1.165, 1.54) is 13.8 Å². The number of ether oxygens (including phenoxy) is 1. The minimum atomic E-state index is -2.27. The Bertz CT molecular complexity index is 444. The molecule has 0 spiro atoms. The average Bonchev–Trinajstić information content (AvgIpc) is 2.34. The lowest BCUT2D eigenvalue weighted by atomic mass is 10.1. The molecule has 0 fully saturated rings. The zero-order valence-corrected chi connectivity index (χ0v) is 9.44. The van der Waals surface area contributed by atoms with E-state index in [2.05, 4.69) is 4.74 Å². The van der Waals surface area contributed by atoms with E-state index in [-0.39, 0.29) is 6.29 Å². The second kappa shape index (κ2) is 5.32. The molecule has 0 amide bonds. The van der Waals surface area contributed by atoms with Gasteiger partial charge in [-0.25, -0.2) is 13.2 Å². The van der Waals surface area contributed by atoms with E-state index in [0.717, 1.165) is 0 Å². The van der Waals surface area contributed by atoms with Crippen LogP contribution in [0.15, 0.2) is 0 Å². The van der Waals surface area contributed by atoms with Crippen LogP contribution in [-0.4, -0.2) is 12.4 Å². The molecular weight excluding hydrogens is 259 g/mol. The molecule has 1 aromatic carbocycles. The van der Waals surface area contributed by atoms with Gasteiger partial charge >= 0.3 is 0 Å². The summed E-state index contributed by atoms with van der Waals surface area (Å²) in [5.41, 5.74) is 0. The maximum Gasteiger partial charge on any atom is 0.207 e. The van der Waals surface area contributed by atoms with Gasteiger partial charge in [0.25, 0.3) is 0 Å². The molecule has 0 N–H and O–H groups in total. The summed E-state index contributed by atoms with van der Waals surface area (Å²) >= 11 is 0. The van der Waals surface area contributed by atoms with E-state index in [9.17, 15) is 26.7 Å². The van der Waals surface area contributed by atoms with E-state index in [4.69, 9.17) is 0 Å². The Morgan fingerprint density at radius 2 is 1.28 bits per heavy atom. The molecule has 0 aromatic heterocycles. The van der Waals surface area contributed by atoms with Crippen molar-refractivity contribution >= 4 is 6.29 Å². The summed E-state index contributed by atoms with van der Waals surface area (Å²) in [6.07, 6.45) is -1.08. The molecule has 0 aliphatic rings. The summed E-state index contributed by atoms with van der Waals surface area (Å²) in [7, 11) is 0. The molecule has 1 unspecified atom stereocenters. The summed E-state index contributed by atoms with van der Waals surface area (Å²) in [6, 6.07) is 0. The summed E-state index contributed by atoms with van der Waals surface area (Å²) in [6.45, 7) is 2.98. The van der Waals surface area contributed by atoms with Crippen molar-refractivity contribution in [2.75, 3.05) is 0 Å². The molecule has 0 heterocycles. The fourth-order valence-electron chi connectivity index (χ4n) is 1.15. The van der Waals surface area contributed by atoms with E-state index in [1.54, 1.807) is 0 Å². The molecule has 1 aromatic rings. The minimum Gasteiger partial charge on any atom is -0.476 e. The lowest BCUT2D eigenvalue weighted by Gasteiger charge is -2.18. The van der Waals surface area contributed by atoms with Crippen LogP contribution in [0, 0.1) is 35.0 Å². The van der Waals surface area contributed by atoms with Gasteiger partial charge in [0.15, 0.2) is 18.1 Å². The molecular formula is C11H9F5O2. The lowest BCUT2D eigenvalue weighted by Crippen LogP contribution is -2.26. The third-order valence-electron chi connectivity index (χ3n) is 2.21. The highest BCUT2D eigenvalue weighted by atomic mass is 19.2. The van der Waals surface area contributed by atoms with Crippen molar-refractivity contribution in [1.29, 1.82) is 0 Å². The fourth-order valence-corrected chi connectivity index (χ4v) is 1.15. The number of rotatable bonds is 4. The molecule has 7 heteroatoms. The van der Waals surface area contributed by atoms with Gasteiger partial charge in [0.05, 0.1) is 0 Å². The molecule has 0 radical (unpaired) electrons. The summed E-state index contributed by atoms with van der Waals surface area (Å²) in [5, 5.41) is 0. The largest absolute Gasteiger partial charge is 0.476 e. The number of carbonyl (C=O) groups is 1. The molecule has 100 valence electrons. The first-order valence-corrected chi connectivity index (χ1v) is 4.94. The quantitative estimate of drug-likeness (QED) is 0.363. The number of halogens is 5. The molecule has 0 bridgehead atoms. The molecule has 18 heavy (non-hydrogen) atoms. The second-order valence-electron chi connectivity index (χ2n) is 3.86. The Kier molecular flexibility index (Phi) is 4.26. The summed E-state index contributed by atoms with van der Waals surface area (Å²) in [5.74, 6) is -12.6. The van der Waals surface area contributed by atoms with Gasteiger partial charge in [-0.1, -0.05) is 13.8 Å². The van der Waals surface area contributed by atoms with E-state index >= 15 is 0 Å². The third kappa shape index (κ3) is 2.44. The molecule has 0 aliphatic carbocycles. The molecule has 1 rings (SSSR count). The van der Waals surface area contributed by atoms with Crippen LogP contribution in [0.3, 0.4) is 0 Å². The summed E-state index contributed by atoms with van der Waals surface area (Å²) < 4.78 is 69.3. The monoisotopic (exact) mass is 268 g/mol. The predicted octanol–water partition coefficient (Wildman–Crippen LogP) is 2.98. The molecule has 0 saturated heterocycles. The van der Waals surface area contributed by atoms with Gasteiger partial charge in [-0.15, -0.1) is 0 Å². The predicted molar refractivity (Wildman–Crippen MR) is 51.6 cm³/mol. The highest BCUT2D eigenvalue weighted by molar-refractivity contribution is 5.57. The van der Waals surface area contributed by atoms with Gasteiger partial charge in [0.2, 0.25) is 29.1 Å². The Balaban J connectivity index is 3.29. The lowest BCUT2D eigenvalue weighted by molar-refractivity contribution is -0.115. The Hall–Kier alpha value is -1.66. The zero-order valence-electron chi connectivity index (χ0n) is 9.44. The first-order chi connectivity index (χ1) is 8.31. The van der Waals surface area contributed by atoms with Crippen molar-refractivity contribution in [1.82, 2.24) is 0 Å². The highest BCUT2D eigenvalue weighted by Crippen LogP contribution is 2.30. The van der Waals surface area contributed by atoms with Crippen molar-refractivity contribution in [3.8, 4) is 5.75 Å². The molecule has 2 nitrogen and oxygen atoms in total. The van der Waals surface area contributed by atoms with Gasteiger partial charge in [-0.2, -0.15) is 8.78 Å². The van der Waals surface area contributed by atoms with Crippen molar-refractivity contribution in [2.45, 2.75) is 20.0 Å². The maximum atomic E-state index is 13.2. The van der Waals surface area contributed by atoms with Crippen molar-refractivity contribution in [2.24, 2.45) is 5.92 Å². The smallest absolute Gasteiger partial charge is 0.207 e. The van der Waals surface area contributed by atoms with Crippen LogP contribution in [0.4, 0.5) is 22.0 Å². The molecule has 1 atom stereocenters. The van der Waals surface area contributed by atoms with E-state index in [1.807, 2.05) is 0 Å². The van der Waals surface area contributed by atoms with Crippen LogP contribution in [0.5, 0.6) is 5.75 Å².